The lowest BCUT2D eigenvalue weighted by Gasteiger charge is -2.11. The van der Waals surface area contributed by atoms with Gasteiger partial charge in [-0.1, -0.05) is 5.59 Å². The van der Waals surface area contributed by atoms with Crippen LogP contribution in [0.2, 0.25) is 0 Å². The summed E-state index contributed by atoms with van der Waals surface area (Å²) in [6.45, 7) is 0.562. The summed E-state index contributed by atoms with van der Waals surface area (Å²) in [7, 11) is 0. The lowest BCUT2D eigenvalue weighted by atomic mass is 10.3. The molecule has 12 heavy (non-hydrogen) atoms. The lowest BCUT2D eigenvalue weighted by molar-refractivity contribution is -0.137. The summed E-state index contributed by atoms with van der Waals surface area (Å²) in [5, 5.41) is 9.92. The van der Waals surface area contributed by atoms with Gasteiger partial charge in [-0.25, -0.2) is 0 Å². The van der Waals surface area contributed by atoms with Gasteiger partial charge in [0, 0.05) is 13.0 Å². The van der Waals surface area contributed by atoms with E-state index in [4.69, 9.17) is 15.7 Å². The van der Waals surface area contributed by atoms with E-state index < -0.39 is 5.97 Å². The second kappa shape index (κ2) is 3.82. The number of nitrogens with zero attached hydrogens (tertiary/aromatic N) is 1. The van der Waals surface area contributed by atoms with Crippen molar-refractivity contribution >= 4 is 5.97 Å². The summed E-state index contributed by atoms with van der Waals surface area (Å²) >= 11 is 0. The van der Waals surface area contributed by atoms with Gasteiger partial charge in [0.2, 0.25) is 5.88 Å². The van der Waals surface area contributed by atoms with E-state index in [0.717, 1.165) is 0 Å². The van der Waals surface area contributed by atoms with E-state index in [1.54, 1.807) is 11.2 Å². The van der Waals surface area contributed by atoms with Gasteiger partial charge in [0.15, 0.2) is 0 Å². The Labute approximate surface area is 69.5 Å². The average molecular weight is 173 g/mol. The maximum absolute atomic E-state index is 10.1. The molecule has 0 aliphatic carbocycles. The molecule has 0 spiro atoms. The molecule has 1 heterocycles. The molecule has 0 aromatic carbocycles. The van der Waals surface area contributed by atoms with E-state index in [9.17, 15) is 4.79 Å². The van der Waals surface area contributed by atoms with Crippen LogP contribution in [-0.4, -0.2) is 22.6 Å². The molecular weight excluding hydrogens is 162 g/mol. The summed E-state index contributed by atoms with van der Waals surface area (Å²) in [5.41, 5.74) is 7.78. The number of rotatable bonds is 4. The summed E-state index contributed by atoms with van der Waals surface area (Å²) in [4.78, 5) is 14.8. The topological polar surface area (TPSA) is 87.8 Å². The molecule has 0 saturated carbocycles. The van der Waals surface area contributed by atoms with Crippen LogP contribution in [-0.2, 0) is 9.63 Å². The molecule has 0 saturated heterocycles. The van der Waals surface area contributed by atoms with Crippen molar-refractivity contribution in [3.8, 4) is 0 Å². The molecule has 4 N–H and O–H groups in total. The predicted octanol–water partition coefficient (Wildman–Crippen LogP) is -0.639. The Hall–Kier alpha value is -1.43. The van der Waals surface area contributed by atoms with Gasteiger partial charge >= 0.3 is 5.97 Å². The van der Waals surface area contributed by atoms with Crippen LogP contribution >= 0.6 is 0 Å². The van der Waals surface area contributed by atoms with E-state index in [0.29, 0.717) is 13.0 Å². The van der Waals surface area contributed by atoms with Gasteiger partial charge in [0.05, 0.1) is 6.20 Å². The van der Waals surface area contributed by atoms with E-state index in [1.165, 1.54) is 0 Å². The third-order valence-corrected chi connectivity index (χ3v) is 1.35. The largest absolute Gasteiger partial charge is 0.481 e. The molecule has 6 heteroatoms. The molecule has 68 valence electrons. The number of aliphatic carboxylic acids is 1. The first-order chi connectivity index (χ1) is 5.68. The second-order valence-corrected chi connectivity index (χ2v) is 2.42. The molecule has 0 bridgehead atoms. The smallest absolute Gasteiger partial charge is 0.303 e. The van der Waals surface area contributed by atoms with Crippen molar-refractivity contribution in [3.05, 3.63) is 12.1 Å². The van der Waals surface area contributed by atoms with Gasteiger partial charge < -0.3 is 15.7 Å². The van der Waals surface area contributed by atoms with Gasteiger partial charge in [-0.2, -0.15) is 0 Å². The maximum Gasteiger partial charge on any atom is 0.303 e. The van der Waals surface area contributed by atoms with Crippen molar-refractivity contribution in [2.24, 2.45) is 5.73 Å². The molecule has 0 amide bonds. The summed E-state index contributed by atoms with van der Waals surface area (Å²) < 4.78 is 0. The molecule has 0 unspecified atom stereocenters. The summed E-state index contributed by atoms with van der Waals surface area (Å²) in [6, 6.07) is 0. The highest BCUT2D eigenvalue weighted by atomic mass is 16.7. The molecule has 6 nitrogen and oxygen atoms in total. The average Bonchev–Trinajstić information content (AvgIpc) is 2.35. The lowest BCUT2D eigenvalue weighted by Crippen LogP contribution is -2.28. The normalized spacial score (nSPS) is 15.7. The maximum atomic E-state index is 10.1. The van der Waals surface area contributed by atoms with Crippen LogP contribution in [0.25, 0.3) is 0 Å². The molecule has 0 aromatic rings. The fraction of sp³-hybridized carbons (Fsp3) is 0.500. The van der Waals surface area contributed by atoms with Gasteiger partial charge in [-0.3, -0.25) is 9.80 Å². The third-order valence-electron chi connectivity index (χ3n) is 1.35. The first-order valence-electron chi connectivity index (χ1n) is 3.56. The SMILES string of the molecule is NC1=CN(CCCC(=O)O)NO1. The van der Waals surface area contributed by atoms with Crippen molar-refractivity contribution in [2.75, 3.05) is 6.54 Å². The van der Waals surface area contributed by atoms with E-state index in [2.05, 4.69) is 5.59 Å². The van der Waals surface area contributed by atoms with E-state index in [-0.39, 0.29) is 12.3 Å². The predicted molar refractivity (Wildman–Crippen MR) is 40.1 cm³/mol. The number of hydrogen-bond donors (Lipinski definition) is 3. The number of carbonyl (C=O) groups is 1. The molecule has 0 fully saturated rings. The van der Waals surface area contributed by atoms with Crippen molar-refractivity contribution < 1.29 is 14.7 Å². The van der Waals surface area contributed by atoms with Crippen molar-refractivity contribution in [2.45, 2.75) is 12.8 Å². The van der Waals surface area contributed by atoms with E-state index >= 15 is 0 Å². The van der Waals surface area contributed by atoms with Gasteiger partial charge in [-0.05, 0) is 6.42 Å². The number of carboxylic acid groups (broad SMARTS) is 1. The minimum absolute atomic E-state index is 0.145. The second-order valence-electron chi connectivity index (χ2n) is 2.42. The van der Waals surface area contributed by atoms with Crippen LogP contribution in [0.3, 0.4) is 0 Å². The quantitative estimate of drug-likeness (QED) is 0.524. The van der Waals surface area contributed by atoms with Gasteiger partial charge in [-0.15, -0.1) is 0 Å². The first-order valence-corrected chi connectivity index (χ1v) is 3.56. The Morgan fingerprint density at radius 3 is 3.08 bits per heavy atom. The van der Waals surface area contributed by atoms with Gasteiger partial charge in [0.25, 0.3) is 0 Å². The number of hydrazine groups is 1. The van der Waals surface area contributed by atoms with Crippen LogP contribution in [0.15, 0.2) is 12.1 Å². The van der Waals surface area contributed by atoms with Crippen LogP contribution in [0.1, 0.15) is 12.8 Å². The minimum Gasteiger partial charge on any atom is -0.481 e. The highest BCUT2D eigenvalue weighted by molar-refractivity contribution is 5.66. The Bertz CT molecular complexity index is 204. The number of nitrogens with two attached hydrogens (primary N) is 1. The minimum atomic E-state index is -0.799. The molecule has 1 aliphatic heterocycles. The summed E-state index contributed by atoms with van der Waals surface area (Å²) in [6.07, 6.45) is 2.27. The first kappa shape index (κ1) is 8.66. The van der Waals surface area contributed by atoms with Crippen molar-refractivity contribution in [3.63, 3.8) is 0 Å². The highest BCUT2D eigenvalue weighted by Crippen LogP contribution is 2.01. The van der Waals surface area contributed by atoms with Gasteiger partial charge in [0.1, 0.15) is 0 Å². The molecule has 1 rings (SSSR count). The Morgan fingerprint density at radius 1 is 1.83 bits per heavy atom. The molecule has 0 atom stereocenters. The Morgan fingerprint density at radius 2 is 2.58 bits per heavy atom. The molecular formula is C6H11N3O3. The monoisotopic (exact) mass is 173 g/mol. The fourth-order valence-corrected chi connectivity index (χ4v) is 0.828. The van der Waals surface area contributed by atoms with Crippen LogP contribution < -0.4 is 11.3 Å². The van der Waals surface area contributed by atoms with Crippen molar-refractivity contribution in [1.29, 1.82) is 0 Å². The molecule has 0 radical (unpaired) electrons. The zero-order valence-corrected chi connectivity index (χ0v) is 6.49. The third kappa shape index (κ3) is 2.67. The van der Waals surface area contributed by atoms with Crippen LogP contribution in [0.4, 0.5) is 0 Å². The van der Waals surface area contributed by atoms with Crippen LogP contribution in [0.5, 0.6) is 0 Å². The standard InChI is InChI=1S/C6H11N3O3/c7-5-4-9(8-12-5)3-1-2-6(10)11/h4,8H,1-3,7H2,(H,10,11). The number of nitrogens with one attached hydrogen (secondary N) is 1. The molecule has 1 aliphatic rings. The van der Waals surface area contributed by atoms with Crippen molar-refractivity contribution in [1.82, 2.24) is 10.6 Å². The zero-order valence-electron chi connectivity index (χ0n) is 6.49. The number of carboxylic acids is 1. The Balaban J connectivity index is 2.12. The molecule has 0 aromatic heterocycles. The summed E-state index contributed by atoms with van der Waals surface area (Å²) in [5.74, 6) is -0.516. The zero-order chi connectivity index (χ0) is 8.97. The highest BCUT2D eigenvalue weighted by Gasteiger charge is 2.09. The fourth-order valence-electron chi connectivity index (χ4n) is 0.828. The van der Waals surface area contributed by atoms with Crippen LogP contribution in [0, 0.1) is 0 Å². The number of hydrogen-bond acceptors (Lipinski definition) is 5. The van der Waals surface area contributed by atoms with E-state index in [1.807, 2.05) is 0 Å². The Kier molecular flexibility index (Phi) is 2.76.